The number of amides is 3. The van der Waals surface area contributed by atoms with Crippen LogP contribution >= 0.6 is 11.8 Å². The number of nitrogens with two attached hydrogens (primary N) is 1. The van der Waals surface area contributed by atoms with Gasteiger partial charge in [-0.25, -0.2) is 4.79 Å². The van der Waals surface area contributed by atoms with Crippen LogP contribution in [-0.4, -0.2) is 92.2 Å². The van der Waals surface area contributed by atoms with Crippen LogP contribution in [-0.2, 0) is 30.4 Å². The maximum atomic E-state index is 12.9. The lowest BCUT2D eigenvalue weighted by atomic mass is 10.0. The predicted molar refractivity (Wildman–Crippen MR) is 140 cm³/mol. The number of aromatic amines is 1. The van der Waals surface area contributed by atoms with Crippen LogP contribution in [0.5, 0.6) is 0 Å². The maximum absolute atomic E-state index is 12.9. The summed E-state index contributed by atoms with van der Waals surface area (Å²) in [5.41, 5.74) is 7.68. The van der Waals surface area contributed by atoms with Crippen molar-refractivity contribution in [2.75, 3.05) is 12.0 Å². The number of nitrogens with one attached hydrogen (secondary N) is 4. The molecule has 1 aromatic carbocycles. The largest absolute Gasteiger partial charge is 0.481 e. The molecule has 0 bridgehead atoms. The van der Waals surface area contributed by atoms with E-state index >= 15 is 0 Å². The number of aliphatic carboxylic acids is 2. The third kappa shape index (κ3) is 8.75. The van der Waals surface area contributed by atoms with Crippen LogP contribution in [0.3, 0.4) is 0 Å². The first kappa shape index (κ1) is 30.6. The Hall–Kier alpha value is -3.62. The smallest absolute Gasteiger partial charge is 0.326 e. The second-order valence-electron chi connectivity index (χ2n) is 8.74. The van der Waals surface area contributed by atoms with Crippen molar-refractivity contribution in [2.24, 2.45) is 5.73 Å². The molecule has 208 valence electrons. The van der Waals surface area contributed by atoms with Gasteiger partial charge in [-0.3, -0.25) is 19.2 Å². The number of fused-ring (bicyclic) bond motifs is 1. The van der Waals surface area contributed by atoms with Crippen molar-refractivity contribution in [1.29, 1.82) is 0 Å². The van der Waals surface area contributed by atoms with Crippen molar-refractivity contribution in [3.8, 4) is 0 Å². The van der Waals surface area contributed by atoms with Crippen molar-refractivity contribution < 1.29 is 39.3 Å². The van der Waals surface area contributed by atoms with E-state index in [9.17, 15) is 39.3 Å². The number of rotatable bonds is 15. The van der Waals surface area contributed by atoms with Crippen molar-refractivity contribution >= 4 is 52.3 Å². The quantitative estimate of drug-likeness (QED) is 0.137. The van der Waals surface area contributed by atoms with Crippen LogP contribution in [0, 0.1) is 0 Å². The number of benzene rings is 1. The normalized spacial score (nSPS) is 15.1. The number of hydrogen-bond donors (Lipinski definition) is 8. The Bertz CT molecular complexity index is 1150. The minimum Gasteiger partial charge on any atom is -0.481 e. The first-order valence-corrected chi connectivity index (χ1v) is 13.2. The summed E-state index contributed by atoms with van der Waals surface area (Å²) >= 11 is 1.36. The average molecular weight is 552 g/mol. The lowest BCUT2D eigenvalue weighted by Gasteiger charge is -2.26. The fourth-order valence-electron chi connectivity index (χ4n) is 3.71. The fraction of sp³-hybridized carbons (Fsp3) is 0.458. The van der Waals surface area contributed by atoms with E-state index in [1.807, 2.05) is 24.3 Å². The lowest BCUT2D eigenvalue weighted by Crippen LogP contribution is -2.60. The number of carboxylic acid groups (broad SMARTS) is 2. The first-order valence-electron chi connectivity index (χ1n) is 11.8. The van der Waals surface area contributed by atoms with Crippen LogP contribution in [0.4, 0.5) is 0 Å². The SMILES string of the molecule is CSCCC(NC(=O)C(CC(=O)O)NC(=O)C(NC(=O)C(N)Cc1c[nH]c2ccccc12)C(C)O)C(=O)O. The molecule has 3 amide bonds. The highest BCUT2D eigenvalue weighted by Gasteiger charge is 2.33. The number of aliphatic hydroxyl groups excluding tert-OH is 1. The highest BCUT2D eigenvalue weighted by Crippen LogP contribution is 2.18. The minimum atomic E-state index is -1.66. The minimum absolute atomic E-state index is 0.0800. The summed E-state index contributed by atoms with van der Waals surface area (Å²) in [6, 6.07) is 1.81. The summed E-state index contributed by atoms with van der Waals surface area (Å²) in [7, 11) is 0. The van der Waals surface area contributed by atoms with Gasteiger partial charge in [0.1, 0.15) is 18.1 Å². The van der Waals surface area contributed by atoms with E-state index in [4.69, 9.17) is 5.73 Å². The number of hydrogen-bond acceptors (Lipinski definition) is 8. The van der Waals surface area contributed by atoms with E-state index in [1.165, 1.54) is 18.7 Å². The Kier molecular flexibility index (Phi) is 11.6. The molecule has 0 fully saturated rings. The van der Waals surface area contributed by atoms with E-state index in [0.29, 0.717) is 5.75 Å². The van der Waals surface area contributed by atoms with Gasteiger partial charge >= 0.3 is 11.9 Å². The number of thioether (sulfide) groups is 1. The zero-order valence-corrected chi connectivity index (χ0v) is 21.8. The zero-order valence-electron chi connectivity index (χ0n) is 21.0. The number of aromatic nitrogens is 1. The van der Waals surface area contributed by atoms with Crippen molar-refractivity contribution in [3.63, 3.8) is 0 Å². The van der Waals surface area contributed by atoms with E-state index in [0.717, 1.165) is 16.5 Å². The molecule has 1 aromatic heterocycles. The summed E-state index contributed by atoms with van der Waals surface area (Å²) in [6.45, 7) is 1.23. The molecule has 0 spiro atoms. The van der Waals surface area contributed by atoms with E-state index < -0.39 is 66.4 Å². The Morgan fingerprint density at radius 1 is 1.00 bits per heavy atom. The Morgan fingerprint density at radius 2 is 1.66 bits per heavy atom. The van der Waals surface area contributed by atoms with Crippen LogP contribution in [0.15, 0.2) is 30.5 Å². The lowest BCUT2D eigenvalue weighted by molar-refractivity contribution is -0.144. The summed E-state index contributed by atoms with van der Waals surface area (Å²) in [5, 5.41) is 36.3. The van der Waals surface area contributed by atoms with Gasteiger partial charge in [-0.05, 0) is 43.4 Å². The van der Waals surface area contributed by atoms with E-state index in [2.05, 4.69) is 20.9 Å². The van der Waals surface area contributed by atoms with E-state index in [-0.39, 0.29) is 12.8 Å². The summed E-state index contributed by atoms with van der Waals surface area (Å²) in [4.78, 5) is 64.2. The molecule has 0 aliphatic heterocycles. The molecule has 9 N–H and O–H groups in total. The summed E-state index contributed by atoms with van der Waals surface area (Å²) in [6.07, 6.45) is 1.39. The Morgan fingerprint density at radius 3 is 2.26 bits per heavy atom. The molecule has 0 saturated carbocycles. The number of H-pyrrole nitrogens is 1. The highest BCUT2D eigenvalue weighted by atomic mass is 32.2. The standard InChI is InChI=1S/C24H33N5O8S/c1-12(30)20(29-21(33)15(25)9-13-11-26-16-6-4-3-5-14(13)16)23(35)28-18(10-19(31)32)22(34)27-17(24(36)37)7-8-38-2/h3-6,11-12,15,17-18,20,26,30H,7-10,25H2,1-2H3,(H,27,34)(H,28,35)(H,29,33)(H,31,32)(H,36,37). The van der Waals surface area contributed by atoms with Gasteiger partial charge in [0.05, 0.1) is 18.6 Å². The molecule has 5 unspecified atom stereocenters. The van der Waals surface area contributed by atoms with Crippen LogP contribution in [0.2, 0.25) is 0 Å². The topological polar surface area (TPSA) is 224 Å². The Labute approximate surface area is 222 Å². The van der Waals surface area contributed by atoms with Crippen LogP contribution in [0.25, 0.3) is 10.9 Å². The third-order valence-corrected chi connectivity index (χ3v) is 6.40. The van der Waals surface area contributed by atoms with E-state index in [1.54, 1.807) is 12.5 Å². The molecule has 5 atom stereocenters. The molecule has 38 heavy (non-hydrogen) atoms. The molecule has 0 aliphatic carbocycles. The van der Waals surface area contributed by atoms with Crippen LogP contribution < -0.4 is 21.7 Å². The monoisotopic (exact) mass is 551 g/mol. The second-order valence-corrected chi connectivity index (χ2v) is 9.72. The maximum Gasteiger partial charge on any atom is 0.326 e. The molecule has 0 radical (unpaired) electrons. The predicted octanol–water partition coefficient (Wildman–Crippen LogP) is -0.815. The fourth-order valence-corrected chi connectivity index (χ4v) is 4.18. The highest BCUT2D eigenvalue weighted by molar-refractivity contribution is 7.98. The molecule has 2 rings (SSSR count). The molecule has 0 saturated heterocycles. The van der Waals surface area contributed by atoms with Crippen molar-refractivity contribution in [2.45, 2.75) is 56.5 Å². The average Bonchev–Trinajstić information content (AvgIpc) is 3.26. The molecule has 1 heterocycles. The summed E-state index contributed by atoms with van der Waals surface area (Å²) in [5.74, 6) is -5.14. The number of aliphatic hydroxyl groups is 1. The molecular weight excluding hydrogens is 518 g/mol. The van der Waals surface area contributed by atoms with Gasteiger partial charge in [0, 0.05) is 17.1 Å². The van der Waals surface area contributed by atoms with Gasteiger partial charge in [0.15, 0.2) is 0 Å². The summed E-state index contributed by atoms with van der Waals surface area (Å²) < 4.78 is 0. The zero-order chi connectivity index (χ0) is 28.4. The van der Waals surface area contributed by atoms with Crippen molar-refractivity contribution in [3.05, 3.63) is 36.0 Å². The van der Waals surface area contributed by atoms with Gasteiger partial charge in [-0.1, -0.05) is 18.2 Å². The van der Waals surface area contributed by atoms with Gasteiger partial charge in [0.25, 0.3) is 0 Å². The molecule has 13 nitrogen and oxygen atoms in total. The second kappa shape index (κ2) is 14.4. The number of carbonyl (C=O) groups is 5. The van der Waals surface area contributed by atoms with Crippen molar-refractivity contribution in [1.82, 2.24) is 20.9 Å². The van der Waals surface area contributed by atoms with Gasteiger partial charge in [0.2, 0.25) is 17.7 Å². The van der Waals surface area contributed by atoms with Gasteiger partial charge in [-0.15, -0.1) is 0 Å². The van der Waals surface area contributed by atoms with Gasteiger partial charge < -0.3 is 42.0 Å². The number of para-hydroxylation sites is 1. The molecule has 14 heteroatoms. The van der Waals surface area contributed by atoms with Gasteiger partial charge in [-0.2, -0.15) is 11.8 Å². The molecule has 2 aromatic rings. The third-order valence-electron chi connectivity index (χ3n) is 5.75. The number of carboxylic acids is 2. The van der Waals surface area contributed by atoms with Crippen LogP contribution in [0.1, 0.15) is 25.3 Å². The molecular formula is C24H33N5O8S. The Balaban J connectivity index is 2.09. The first-order chi connectivity index (χ1) is 17.9. The number of carbonyl (C=O) groups excluding carboxylic acids is 3. The molecule has 0 aliphatic rings.